The number of amides is 1. The molecule has 19 heavy (non-hydrogen) atoms. The number of carbonyl (C=O) groups is 1. The summed E-state index contributed by atoms with van der Waals surface area (Å²) in [6.07, 6.45) is 3.62. The van der Waals surface area contributed by atoms with Gasteiger partial charge in [-0.3, -0.25) is 4.79 Å². The monoisotopic (exact) mass is 274 g/mol. The molecule has 1 amide bonds. The Labute approximate surface area is 117 Å². The van der Waals surface area contributed by atoms with E-state index in [-0.39, 0.29) is 5.91 Å². The Balaban J connectivity index is 1.48. The number of nitrogens with one attached hydrogen (secondary N) is 2. The first-order chi connectivity index (χ1) is 9.33. The minimum absolute atomic E-state index is 0.0487. The highest BCUT2D eigenvalue weighted by Gasteiger charge is 2.19. The van der Waals surface area contributed by atoms with Crippen molar-refractivity contribution in [2.45, 2.75) is 25.3 Å². The second-order valence-corrected chi connectivity index (χ2v) is 6.07. The summed E-state index contributed by atoms with van der Waals surface area (Å²) in [5, 5.41) is 7.57. The lowest BCUT2D eigenvalue weighted by Crippen LogP contribution is -2.27. The van der Waals surface area contributed by atoms with Crippen LogP contribution in [0.3, 0.4) is 0 Å². The average molecular weight is 274 g/mol. The molecule has 100 valence electrons. The van der Waals surface area contributed by atoms with Gasteiger partial charge in [0.15, 0.2) is 0 Å². The summed E-state index contributed by atoms with van der Waals surface area (Å²) in [4.78, 5) is 12.8. The smallest absolute Gasteiger partial charge is 0.261 e. The topological polar surface area (TPSA) is 41.1 Å². The van der Waals surface area contributed by atoms with E-state index in [1.807, 2.05) is 24.3 Å². The van der Waals surface area contributed by atoms with Gasteiger partial charge in [-0.25, -0.2) is 0 Å². The molecule has 1 fully saturated rings. The fraction of sp³-hybridized carbons (Fsp3) is 0.400. The van der Waals surface area contributed by atoms with Crippen molar-refractivity contribution in [2.75, 3.05) is 13.1 Å². The van der Waals surface area contributed by atoms with Gasteiger partial charge in [-0.1, -0.05) is 18.2 Å². The lowest BCUT2D eigenvalue weighted by atomic mass is 10.2. The van der Waals surface area contributed by atoms with E-state index in [4.69, 9.17) is 0 Å². The van der Waals surface area contributed by atoms with Gasteiger partial charge < -0.3 is 10.6 Å². The van der Waals surface area contributed by atoms with Gasteiger partial charge in [0, 0.05) is 17.3 Å². The third-order valence-corrected chi connectivity index (χ3v) is 4.41. The number of hydrogen-bond donors (Lipinski definition) is 2. The molecule has 3 nitrogen and oxygen atoms in total. The maximum atomic E-state index is 12.0. The normalized spacial score (nSPS) is 14.7. The highest BCUT2D eigenvalue weighted by atomic mass is 32.1. The van der Waals surface area contributed by atoms with Crippen LogP contribution in [0.2, 0.25) is 0 Å². The number of hydrogen-bond acceptors (Lipinski definition) is 3. The molecule has 0 unspecified atom stereocenters. The molecule has 1 aliphatic carbocycles. The second-order valence-electron chi connectivity index (χ2n) is 4.99. The van der Waals surface area contributed by atoms with Crippen molar-refractivity contribution in [1.82, 2.24) is 10.6 Å². The molecule has 1 saturated carbocycles. The summed E-state index contributed by atoms with van der Waals surface area (Å²) < 4.78 is 1.17. The van der Waals surface area contributed by atoms with E-state index in [9.17, 15) is 4.79 Å². The zero-order valence-corrected chi connectivity index (χ0v) is 11.6. The maximum absolute atomic E-state index is 12.0. The van der Waals surface area contributed by atoms with E-state index < -0.39 is 0 Å². The van der Waals surface area contributed by atoms with Crippen LogP contribution in [-0.2, 0) is 0 Å². The van der Waals surface area contributed by atoms with Gasteiger partial charge in [-0.2, -0.15) is 0 Å². The van der Waals surface area contributed by atoms with Crippen molar-refractivity contribution in [3.8, 4) is 0 Å². The summed E-state index contributed by atoms with van der Waals surface area (Å²) in [5.41, 5.74) is 0. The molecule has 2 N–H and O–H groups in total. The van der Waals surface area contributed by atoms with Crippen LogP contribution in [0.25, 0.3) is 10.1 Å². The van der Waals surface area contributed by atoms with Gasteiger partial charge in [0.25, 0.3) is 5.91 Å². The van der Waals surface area contributed by atoms with Crippen LogP contribution in [0, 0.1) is 0 Å². The van der Waals surface area contributed by atoms with Gasteiger partial charge in [0.2, 0.25) is 0 Å². The van der Waals surface area contributed by atoms with E-state index >= 15 is 0 Å². The summed E-state index contributed by atoms with van der Waals surface area (Å²) in [6.45, 7) is 1.74. The summed E-state index contributed by atoms with van der Waals surface area (Å²) in [7, 11) is 0. The first-order valence-corrected chi connectivity index (χ1v) is 7.65. The van der Waals surface area contributed by atoms with Crippen molar-refractivity contribution < 1.29 is 4.79 Å². The molecule has 0 saturated heterocycles. The predicted octanol–water partition coefficient (Wildman–Crippen LogP) is 2.77. The fourth-order valence-electron chi connectivity index (χ4n) is 2.06. The lowest BCUT2D eigenvalue weighted by molar-refractivity contribution is 0.0957. The molecule has 1 aliphatic rings. The number of fused-ring (bicyclic) bond motifs is 1. The molecule has 0 aliphatic heterocycles. The minimum Gasteiger partial charge on any atom is -0.351 e. The van der Waals surface area contributed by atoms with Crippen molar-refractivity contribution in [3.63, 3.8) is 0 Å². The summed E-state index contributed by atoms with van der Waals surface area (Å²) in [5.74, 6) is 0.0487. The third-order valence-electron chi connectivity index (χ3n) is 3.30. The van der Waals surface area contributed by atoms with Gasteiger partial charge >= 0.3 is 0 Å². The number of rotatable bonds is 6. The lowest BCUT2D eigenvalue weighted by Gasteiger charge is -2.04. The summed E-state index contributed by atoms with van der Waals surface area (Å²) in [6, 6.07) is 10.8. The molecule has 1 aromatic heterocycles. The second kappa shape index (κ2) is 5.72. The molecule has 3 rings (SSSR count). The molecule has 0 spiro atoms. The Morgan fingerprint density at radius 1 is 1.26 bits per heavy atom. The van der Waals surface area contributed by atoms with Crippen molar-refractivity contribution in [3.05, 3.63) is 35.2 Å². The molecule has 1 aromatic carbocycles. The fourth-order valence-corrected chi connectivity index (χ4v) is 3.04. The Morgan fingerprint density at radius 3 is 2.89 bits per heavy atom. The Kier molecular flexibility index (Phi) is 3.80. The highest BCUT2D eigenvalue weighted by molar-refractivity contribution is 7.20. The molecule has 0 atom stereocenters. The van der Waals surface area contributed by atoms with Crippen LogP contribution >= 0.6 is 11.3 Å². The standard InChI is InChI=1S/C15H18N2OS/c18-15(17-9-3-8-16-12-6-7-12)14-10-11-4-1-2-5-13(11)19-14/h1-2,4-5,10,12,16H,3,6-9H2,(H,17,18). The van der Waals surface area contributed by atoms with Crippen LogP contribution in [-0.4, -0.2) is 25.0 Å². The van der Waals surface area contributed by atoms with Gasteiger partial charge in [0.05, 0.1) is 4.88 Å². The molecule has 0 bridgehead atoms. The van der Waals surface area contributed by atoms with E-state index in [1.165, 1.54) is 17.5 Å². The Morgan fingerprint density at radius 2 is 2.11 bits per heavy atom. The maximum Gasteiger partial charge on any atom is 0.261 e. The first-order valence-electron chi connectivity index (χ1n) is 6.83. The van der Waals surface area contributed by atoms with Gasteiger partial charge in [0.1, 0.15) is 0 Å². The van der Waals surface area contributed by atoms with Gasteiger partial charge in [-0.05, 0) is 43.3 Å². The van der Waals surface area contributed by atoms with E-state index in [0.717, 1.165) is 35.8 Å². The Bertz CT molecular complexity index is 541. The van der Waals surface area contributed by atoms with Crippen LogP contribution in [0.4, 0.5) is 0 Å². The average Bonchev–Trinajstić information content (AvgIpc) is 3.14. The quantitative estimate of drug-likeness (QED) is 0.795. The van der Waals surface area contributed by atoms with Crippen LogP contribution in [0.1, 0.15) is 28.9 Å². The van der Waals surface area contributed by atoms with Crippen LogP contribution in [0.15, 0.2) is 30.3 Å². The zero-order chi connectivity index (χ0) is 13.1. The molecule has 2 aromatic rings. The highest BCUT2D eigenvalue weighted by Crippen LogP contribution is 2.25. The van der Waals surface area contributed by atoms with Crippen molar-refractivity contribution in [2.24, 2.45) is 0 Å². The number of thiophene rings is 1. The molecule has 0 radical (unpaired) electrons. The van der Waals surface area contributed by atoms with E-state index in [1.54, 1.807) is 11.3 Å². The minimum atomic E-state index is 0.0487. The van der Waals surface area contributed by atoms with E-state index in [2.05, 4.69) is 16.7 Å². The molecule has 1 heterocycles. The van der Waals surface area contributed by atoms with Gasteiger partial charge in [-0.15, -0.1) is 11.3 Å². The van der Waals surface area contributed by atoms with Crippen LogP contribution in [0.5, 0.6) is 0 Å². The molecule has 4 heteroatoms. The zero-order valence-electron chi connectivity index (χ0n) is 10.8. The first kappa shape index (κ1) is 12.6. The largest absolute Gasteiger partial charge is 0.351 e. The SMILES string of the molecule is O=C(NCCCNC1CC1)c1cc2ccccc2s1. The third kappa shape index (κ3) is 3.33. The van der Waals surface area contributed by atoms with E-state index in [0.29, 0.717) is 0 Å². The van der Waals surface area contributed by atoms with Crippen molar-refractivity contribution >= 4 is 27.3 Å². The van der Waals surface area contributed by atoms with Crippen LogP contribution < -0.4 is 10.6 Å². The molecular formula is C15H18N2OS. The summed E-state index contributed by atoms with van der Waals surface area (Å²) >= 11 is 1.56. The number of benzene rings is 1. The Hall–Kier alpha value is -1.39. The number of carbonyl (C=O) groups excluding carboxylic acids is 1. The molecular weight excluding hydrogens is 256 g/mol. The predicted molar refractivity (Wildman–Crippen MR) is 79.8 cm³/mol. The van der Waals surface area contributed by atoms with Crippen molar-refractivity contribution in [1.29, 1.82) is 0 Å².